The molecule has 0 aliphatic carbocycles. The zero-order chi connectivity index (χ0) is 15.9. The van der Waals surface area contributed by atoms with E-state index in [4.69, 9.17) is 4.74 Å². The number of halogens is 2. The van der Waals surface area contributed by atoms with E-state index >= 15 is 0 Å². The summed E-state index contributed by atoms with van der Waals surface area (Å²) in [6.07, 6.45) is 0.152. The highest BCUT2D eigenvalue weighted by atomic mass is 19.3. The van der Waals surface area contributed by atoms with Crippen molar-refractivity contribution in [1.82, 2.24) is 0 Å². The van der Waals surface area contributed by atoms with Crippen LogP contribution in [0.5, 0.6) is 11.5 Å². The lowest BCUT2D eigenvalue weighted by Crippen LogP contribution is -2.14. The minimum atomic E-state index is -2.87. The molecule has 1 amide bonds. The van der Waals surface area contributed by atoms with Crippen molar-refractivity contribution in [3.63, 3.8) is 0 Å². The summed E-state index contributed by atoms with van der Waals surface area (Å²) in [7, 11) is 1.54. The predicted molar refractivity (Wildman–Crippen MR) is 78.4 cm³/mol. The smallest absolute Gasteiger partial charge is 0.387 e. The third-order valence-electron chi connectivity index (χ3n) is 2.91. The lowest BCUT2D eigenvalue weighted by molar-refractivity contribution is -0.115. The molecule has 0 atom stereocenters. The van der Waals surface area contributed by atoms with Gasteiger partial charge in [-0.1, -0.05) is 18.2 Å². The van der Waals surface area contributed by atoms with Gasteiger partial charge >= 0.3 is 6.61 Å². The summed E-state index contributed by atoms with van der Waals surface area (Å²) in [5.74, 6) is 0.447. The number of ether oxygens (including phenoxy) is 2. The van der Waals surface area contributed by atoms with Crippen molar-refractivity contribution >= 4 is 11.6 Å². The van der Waals surface area contributed by atoms with Gasteiger partial charge in [0.25, 0.3) is 0 Å². The maximum atomic E-state index is 12.0. The number of hydrogen-bond acceptors (Lipinski definition) is 3. The molecule has 4 nitrogen and oxygen atoms in total. The standard InChI is InChI=1S/C16H15F2NO3/c1-21-14-5-3-2-4-11(14)10-15(20)19-12-6-8-13(9-7-12)22-16(17)18/h2-9,16H,10H2,1H3,(H,19,20). The summed E-state index contributed by atoms with van der Waals surface area (Å²) < 4.78 is 33.5. The highest BCUT2D eigenvalue weighted by Gasteiger charge is 2.09. The maximum Gasteiger partial charge on any atom is 0.387 e. The topological polar surface area (TPSA) is 47.6 Å². The summed E-state index contributed by atoms with van der Waals surface area (Å²) in [5, 5.41) is 2.68. The van der Waals surface area contributed by atoms with E-state index in [2.05, 4.69) is 10.1 Å². The normalized spacial score (nSPS) is 10.4. The molecule has 1 N–H and O–H groups in total. The number of alkyl halides is 2. The van der Waals surface area contributed by atoms with E-state index in [1.54, 1.807) is 19.2 Å². The van der Waals surface area contributed by atoms with Crippen molar-refractivity contribution in [2.45, 2.75) is 13.0 Å². The lowest BCUT2D eigenvalue weighted by atomic mass is 10.1. The fourth-order valence-corrected chi connectivity index (χ4v) is 1.95. The van der Waals surface area contributed by atoms with E-state index in [1.807, 2.05) is 12.1 Å². The molecule has 0 radical (unpaired) electrons. The van der Waals surface area contributed by atoms with Gasteiger partial charge in [-0.05, 0) is 30.3 Å². The Morgan fingerprint density at radius 3 is 2.45 bits per heavy atom. The number of nitrogens with one attached hydrogen (secondary N) is 1. The molecule has 0 saturated heterocycles. The average molecular weight is 307 g/mol. The summed E-state index contributed by atoms with van der Waals surface area (Å²) >= 11 is 0. The highest BCUT2D eigenvalue weighted by molar-refractivity contribution is 5.92. The Morgan fingerprint density at radius 2 is 1.82 bits per heavy atom. The number of methoxy groups -OCH3 is 1. The van der Waals surface area contributed by atoms with Crippen molar-refractivity contribution in [2.24, 2.45) is 0 Å². The van der Waals surface area contributed by atoms with Crippen LogP contribution in [-0.4, -0.2) is 19.6 Å². The molecule has 0 bridgehead atoms. The third kappa shape index (κ3) is 4.44. The maximum absolute atomic E-state index is 12.0. The number of amides is 1. The van der Waals surface area contributed by atoms with Gasteiger partial charge in [0, 0.05) is 11.3 Å². The molecule has 2 aromatic carbocycles. The van der Waals surface area contributed by atoms with Crippen molar-refractivity contribution in [3.05, 3.63) is 54.1 Å². The van der Waals surface area contributed by atoms with Crippen LogP contribution in [-0.2, 0) is 11.2 Å². The second kappa shape index (κ2) is 7.40. The second-order valence-electron chi connectivity index (χ2n) is 4.44. The molecular weight excluding hydrogens is 292 g/mol. The van der Waals surface area contributed by atoms with Crippen molar-refractivity contribution < 1.29 is 23.0 Å². The second-order valence-corrected chi connectivity index (χ2v) is 4.44. The van der Waals surface area contributed by atoms with Crippen LogP contribution < -0.4 is 14.8 Å². The molecule has 2 rings (SSSR count). The van der Waals surface area contributed by atoms with E-state index < -0.39 is 6.61 Å². The Morgan fingerprint density at radius 1 is 1.14 bits per heavy atom. The SMILES string of the molecule is COc1ccccc1CC(=O)Nc1ccc(OC(F)F)cc1. The number of para-hydroxylation sites is 1. The molecular formula is C16H15F2NO3. The van der Waals surface area contributed by atoms with Gasteiger partial charge in [0.2, 0.25) is 5.91 Å². The molecule has 0 aliphatic heterocycles. The van der Waals surface area contributed by atoms with Gasteiger partial charge in [0.15, 0.2) is 0 Å². The van der Waals surface area contributed by atoms with Crippen LogP contribution in [0.15, 0.2) is 48.5 Å². The molecule has 0 spiro atoms. The Balaban J connectivity index is 1.97. The molecule has 6 heteroatoms. The lowest BCUT2D eigenvalue weighted by Gasteiger charge is -2.09. The molecule has 0 unspecified atom stereocenters. The minimum absolute atomic E-state index is 0.0396. The van der Waals surface area contributed by atoms with Crippen LogP contribution in [0.1, 0.15) is 5.56 Å². The third-order valence-corrected chi connectivity index (χ3v) is 2.91. The highest BCUT2D eigenvalue weighted by Crippen LogP contribution is 2.20. The van der Waals surface area contributed by atoms with E-state index in [9.17, 15) is 13.6 Å². The first-order valence-corrected chi connectivity index (χ1v) is 6.55. The first-order chi connectivity index (χ1) is 10.6. The number of carbonyl (C=O) groups excluding carboxylic acids is 1. The molecule has 0 aromatic heterocycles. The number of rotatable bonds is 6. The van der Waals surface area contributed by atoms with Gasteiger partial charge in [0.05, 0.1) is 13.5 Å². The Hall–Kier alpha value is -2.63. The van der Waals surface area contributed by atoms with Gasteiger partial charge in [-0.15, -0.1) is 0 Å². The summed E-state index contributed by atoms with van der Waals surface area (Å²) in [5.41, 5.74) is 1.27. The molecule has 22 heavy (non-hydrogen) atoms. The first-order valence-electron chi connectivity index (χ1n) is 6.55. The van der Waals surface area contributed by atoms with Crippen LogP contribution >= 0.6 is 0 Å². The Bertz CT molecular complexity index is 630. The molecule has 116 valence electrons. The summed E-state index contributed by atoms with van der Waals surface area (Å²) in [6, 6.07) is 13.0. The van der Waals surface area contributed by atoms with E-state index in [-0.39, 0.29) is 18.1 Å². The fraction of sp³-hybridized carbons (Fsp3) is 0.188. The largest absolute Gasteiger partial charge is 0.496 e. The molecule has 0 aliphatic rings. The number of anilines is 1. The van der Waals surface area contributed by atoms with E-state index in [1.165, 1.54) is 24.3 Å². The summed E-state index contributed by atoms with van der Waals surface area (Å²) in [6.45, 7) is -2.87. The van der Waals surface area contributed by atoms with Gasteiger partial charge in [0.1, 0.15) is 11.5 Å². The molecule has 0 heterocycles. The Kier molecular flexibility index (Phi) is 5.30. The van der Waals surface area contributed by atoms with E-state index in [0.717, 1.165) is 5.56 Å². The average Bonchev–Trinajstić information content (AvgIpc) is 2.49. The van der Waals surface area contributed by atoms with Crippen LogP contribution in [0.4, 0.5) is 14.5 Å². The van der Waals surface area contributed by atoms with Crippen LogP contribution in [0, 0.1) is 0 Å². The van der Waals surface area contributed by atoms with Crippen LogP contribution in [0.25, 0.3) is 0 Å². The number of hydrogen-bond donors (Lipinski definition) is 1. The van der Waals surface area contributed by atoms with Gasteiger partial charge in [-0.25, -0.2) is 0 Å². The van der Waals surface area contributed by atoms with Gasteiger partial charge in [-0.3, -0.25) is 4.79 Å². The monoisotopic (exact) mass is 307 g/mol. The van der Waals surface area contributed by atoms with Gasteiger partial charge in [-0.2, -0.15) is 8.78 Å². The van der Waals surface area contributed by atoms with Gasteiger partial charge < -0.3 is 14.8 Å². The van der Waals surface area contributed by atoms with Crippen LogP contribution in [0.2, 0.25) is 0 Å². The van der Waals surface area contributed by atoms with Crippen molar-refractivity contribution in [2.75, 3.05) is 12.4 Å². The number of benzene rings is 2. The van der Waals surface area contributed by atoms with Crippen molar-refractivity contribution in [3.8, 4) is 11.5 Å². The van der Waals surface area contributed by atoms with E-state index in [0.29, 0.717) is 11.4 Å². The molecule has 0 fully saturated rings. The fourth-order valence-electron chi connectivity index (χ4n) is 1.95. The summed E-state index contributed by atoms with van der Waals surface area (Å²) in [4.78, 5) is 12.0. The predicted octanol–water partition coefficient (Wildman–Crippen LogP) is 3.48. The Labute approximate surface area is 126 Å². The molecule has 0 saturated carbocycles. The first kappa shape index (κ1) is 15.8. The molecule has 2 aromatic rings. The quantitative estimate of drug-likeness (QED) is 0.889. The number of carbonyl (C=O) groups is 1. The van der Waals surface area contributed by atoms with Crippen molar-refractivity contribution in [1.29, 1.82) is 0 Å². The minimum Gasteiger partial charge on any atom is -0.496 e. The zero-order valence-corrected chi connectivity index (χ0v) is 11.9. The van der Waals surface area contributed by atoms with Crippen LogP contribution in [0.3, 0.4) is 0 Å². The zero-order valence-electron chi connectivity index (χ0n) is 11.9.